The van der Waals surface area contributed by atoms with Crippen molar-refractivity contribution in [3.8, 4) is 0 Å². The van der Waals surface area contributed by atoms with E-state index in [0.717, 1.165) is 5.56 Å². The number of pyridine rings is 1. The second-order valence-corrected chi connectivity index (χ2v) is 6.42. The average molecular weight is 290 g/mol. The van der Waals surface area contributed by atoms with Gasteiger partial charge in [0.2, 0.25) is 0 Å². The second-order valence-electron chi connectivity index (χ2n) is 6.42. The molecule has 1 atom stereocenters. The molecule has 1 aliphatic heterocycles. The second kappa shape index (κ2) is 6.24. The molecule has 21 heavy (non-hydrogen) atoms. The first kappa shape index (κ1) is 15.5. The lowest BCUT2D eigenvalue weighted by atomic mass is 9.98. The number of Topliss-reactive ketones (excluding diaryl/α,β-unsaturated/α-hetero) is 1. The molecule has 2 heterocycles. The van der Waals surface area contributed by atoms with Crippen LogP contribution in [0.4, 0.5) is 4.79 Å². The fourth-order valence-corrected chi connectivity index (χ4v) is 2.36. The highest BCUT2D eigenvalue weighted by Crippen LogP contribution is 2.21. The molecule has 1 saturated heterocycles. The first-order valence-corrected chi connectivity index (χ1v) is 7.25. The van der Waals surface area contributed by atoms with Gasteiger partial charge in [-0.2, -0.15) is 0 Å². The van der Waals surface area contributed by atoms with E-state index in [1.54, 1.807) is 17.3 Å². The fourth-order valence-electron chi connectivity index (χ4n) is 2.36. The number of carbonyl (C=O) groups is 2. The molecule has 1 aliphatic rings. The summed E-state index contributed by atoms with van der Waals surface area (Å²) < 4.78 is 5.33. The highest BCUT2D eigenvalue weighted by molar-refractivity contribution is 5.84. The van der Waals surface area contributed by atoms with Crippen LogP contribution in [0.2, 0.25) is 0 Å². The van der Waals surface area contributed by atoms with Crippen molar-refractivity contribution in [3.05, 3.63) is 30.1 Å². The Morgan fingerprint density at radius 2 is 2.19 bits per heavy atom. The highest BCUT2D eigenvalue weighted by Gasteiger charge is 2.33. The van der Waals surface area contributed by atoms with Gasteiger partial charge in [0.05, 0.1) is 0 Å². The van der Waals surface area contributed by atoms with Crippen LogP contribution in [0.25, 0.3) is 0 Å². The largest absolute Gasteiger partial charge is 0.444 e. The zero-order chi connectivity index (χ0) is 15.5. The van der Waals surface area contributed by atoms with E-state index in [-0.39, 0.29) is 17.8 Å². The van der Waals surface area contributed by atoms with Gasteiger partial charge in [-0.15, -0.1) is 0 Å². The van der Waals surface area contributed by atoms with Crippen LogP contribution in [-0.2, 0) is 16.0 Å². The molecule has 0 aromatic carbocycles. The molecule has 0 aliphatic carbocycles. The lowest BCUT2D eigenvalue weighted by molar-refractivity contribution is -0.121. The van der Waals surface area contributed by atoms with E-state index < -0.39 is 5.60 Å². The minimum absolute atomic E-state index is 0.0993. The molecule has 1 unspecified atom stereocenters. The van der Waals surface area contributed by atoms with E-state index in [4.69, 9.17) is 4.74 Å². The Morgan fingerprint density at radius 3 is 2.81 bits per heavy atom. The molecule has 0 N–H and O–H groups in total. The molecular weight excluding hydrogens is 268 g/mol. The fraction of sp³-hybridized carbons (Fsp3) is 0.562. The monoisotopic (exact) mass is 290 g/mol. The Kier molecular flexibility index (Phi) is 4.60. The van der Waals surface area contributed by atoms with Gasteiger partial charge in [0.1, 0.15) is 11.4 Å². The van der Waals surface area contributed by atoms with Gasteiger partial charge in [-0.3, -0.25) is 9.78 Å². The van der Waals surface area contributed by atoms with Crippen molar-refractivity contribution in [1.29, 1.82) is 0 Å². The third-order valence-corrected chi connectivity index (χ3v) is 3.40. The van der Waals surface area contributed by atoms with Gasteiger partial charge >= 0.3 is 6.09 Å². The van der Waals surface area contributed by atoms with Crippen LogP contribution in [-0.4, -0.2) is 40.5 Å². The summed E-state index contributed by atoms with van der Waals surface area (Å²) in [6.45, 7) is 6.55. The zero-order valence-corrected chi connectivity index (χ0v) is 12.8. The summed E-state index contributed by atoms with van der Waals surface area (Å²) in [5, 5.41) is 0. The van der Waals surface area contributed by atoms with Gasteiger partial charge in [-0.1, -0.05) is 6.07 Å². The molecule has 0 bridgehead atoms. The first-order chi connectivity index (χ1) is 9.85. The van der Waals surface area contributed by atoms with E-state index in [0.29, 0.717) is 25.9 Å². The van der Waals surface area contributed by atoms with E-state index in [1.807, 2.05) is 32.9 Å². The number of ketones is 1. The maximum Gasteiger partial charge on any atom is 0.410 e. The van der Waals surface area contributed by atoms with Gasteiger partial charge in [-0.05, 0) is 38.8 Å². The Balaban J connectivity index is 1.87. The molecule has 5 nitrogen and oxygen atoms in total. The zero-order valence-electron chi connectivity index (χ0n) is 12.8. The maximum atomic E-state index is 12.3. The van der Waals surface area contributed by atoms with Crippen LogP contribution >= 0.6 is 0 Å². The summed E-state index contributed by atoms with van der Waals surface area (Å²) in [5.41, 5.74) is 0.410. The molecule has 1 aromatic rings. The molecule has 0 radical (unpaired) electrons. The van der Waals surface area contributed by atoms with Crippen LogP contribution < -0.4 is 0 Å². The third kappa shape index (κ3) is 4.55. The topological polar surface area (TPSA) is 59.5 Å². The van der Waals surface area contributed by atoms with Gasteiger partial charge in [0, 0.05) is 37.8 Å². The van der Waals surface area contributed by atoms with Crippen molar-refractivity contribution in [1.82, 2.24) is 9.88 Å². The predicted octanol–water partition coefficient (Wildman–Crippen LogP) is 2.45. The van der Waals surface area contributed by atoms with Gasteiger partial charge in [-0.25, -0.2) is 4.79 Å². The number of hydrogen-bond acceptors (Lipinski definition) is 4. The van der Waals surface area contributed by atoms with Crippen molar-refractivity contribution in [2.45, 2.75) is 39.2 Å². The third-order valence-electron chi connectivity index (χ3n) is 3.40. The number of ether oxygens (including phenoxy) is 1. The smallest absolute Gasteiger partial charge is 0.410 e. The number of carbonyl (C=O) groups excluding carboxylic acids is 2. The number of hydrogen-bond donors (Lipinski definition) is 0. The summed E-state index contributed by atoms with van der Waals surface area (Å²) in [7, 11) is 0. The summed E-state index contributed by atoms with van der Waals surface area (Å²) >= 11 is 0. The highest BCUT2D eigenvalue weighted by atomic mass is 16.6. The SMILES string of the molecule is CC(C)(C)OC(=O)N1CCC(C(=O)Cc2cccnc2)C1. The summed E-state index contributed by atoms with van der Waals surface area (Å²) in [5.74, 6) is 0.0618. The summed E-state index contributed by atoms with van der Waals surface area (Å²) in [6.07, 6.45) is 4.14. The number of nitrogens with zero attached hydrogens (tertiary/aromatic N) is 2. The Morgan fingerprint density at radius 1 is 1.43 bits per heavy atom. The molecule has 0 saturated carbocycles. The number of aromatic nitrogens is 1. The van der Waals surface area contributed by atoms with Gasteiger partial charge in [0.15, 0.2) is 0 Å². The number of likely N-dealkylation sites (tertiary alicyclic amines) is 1. The average Bonchev–Trinajstić information content (AvgIpc) is 2.87. The molecule has 1 fully saturated rings. The molecule has 1 amide bonds. The lowest BCUT2D eigenvalue weighted by Gasteiger charge is -2.24. The van der Waals surface area contributed by atoms with Crippen LogP contribution in [0.5, 0.6) is 0 Å². The van der Waals surface area contributed by atoms with Crippen LogP contribution in [0.1, 0.15) is 32.8 Å². The van der Waals surface area contributed by atoms with Crippen molar-refractivity contribution < 1.29 is 14.3 Å². The Bertz CT molecular complexity index is 508. The number of amides is 1. The minimum Gasteiger partial charge on any atom is -0.444 e. The molecule has 2 rings (SSSR count). The number of rotatable bonds is 3. The van der Waals surface area contributed by atoms with Crippen LogP contribution in [0.15, 0.2) is 24.5 Å². The lowest BCUT2D eigenvalue weighted by Crippen LogP contribution is -2.36. The van der Waals surface area contributed by atoms with Crippen LogP contribution in [0, 0.1) is 5.92 Å². The minimum atomic E-state index is -0.505. The van der Waals surface area contributed by atoms with E-state index in [1.165, 1.54) is 0 Å². The summed E-state index contributed by atoms with van der Waals surface area (Å²) in [4.78, 5) is 29.9. The summed E-state index contributed by atoms with van der Waals surface area (Å²) in [6, 6.07) is 3.72. The van der Waals surface area contributed by atoms with Gasteiger partial charge in [0.25, 0.3) is 0 Å². The predicted molar refractivity (Wildman–Crippen MR) is 78.9 cm³/mol. The standard InChI is InChI=1S/C16H22N2O3/c1-16(2,3)21-15(20)18-8-6-13(11-18)14(19)9-12-5-4-7-17-10-12/h4-5,7,10,13H,6,8-9,11H2,1-3H3. The van der Waals surface area contributed by atoms with E-state index in [9.17, 15) is 9.59 Å². The molecule has 5 heteroatoms. The quantitative estimate of drug-likeness (QED) is 0.858. The van der Waals surface area contributed by atoms with Crippen molar-refractivity contribution in [2.24, 2.45) is 5.92 Å². The Labute approximate surface area is 125 Å². The molecular formula is C16H22N2O3. The normalized spacial score (nSPS) is 18.6. The molecule has 114 valence electrons. The molecule has 0 spiro atoms. The van der Waals surface area contributed by atoms with E-state index in [2.05, 4.69) is 4.98 Å². The van der Waals surface area contributed by atoms with Crippen molar-refractivity contribution in [2.75, 3.05) is 13.1 Å². The molecule has 1 aromatic heterocycles. The van der Waals surface area contributed by atoms with Crippen molar-refractivity contribution >= 4 is 11.9 Å². The first-order valence-electron chi connectivity index (χ1n) is 7.25. The van der Waals surface area contributed by atoms with Crippen molar-refractivity contribution in [3.63, 3.8) is 0 Å². The maximum absolute atomic E-state index is 12.3. The van der Waals surface area contributed by atoms with Gasteiger partial charge < -0.3 is 9.64 Å². The Hall–Kier alpha value is -1.91. The van der Waals surface area contributed by atoms with Crippen LogP contribution in [0.3, 0.4) is 0 Å². The van der Waals surface area contributed by atoms with E-state index >= 15 is 0 Å².